The van der Waals surface area contributed by atoms with E-state index >= 15 is 0 Å². The maximum Gasteiger partial charge on any atom is 0.321 e. The average Bonchev–Trinajstić information content (AvgIpc) is 2.68. The molecule has 0 saturated carbocycles. The largest absolute Gasteiger partial charge is 0.353 e. The van der Waals surface area contributed by atoms with Crippen LogP contribution in [-0.4, -0.2) is 36.0 Å². The topological polar surface area (TPSA) is 61.4 Å². The van der Waals surface area contributed by atoms with Crippen LogP contribution in [0, 0.1) is 13.8 Å². The van der Waals surface area contributed by atoms with Gasteiger partial charge in [0, 0.05) is 31.2 Å². The minimum atomic E-state index is -0.0779. The van der Waals surface area contributed by atoms with Crippen molar-refractivity contribution in [3.8, 4) is 0 Å². The predicted molar refractivity (Wildman–Crippen MR) is 112 cm³/mol. The molecule has 0 unspecified atom stereocenters. The molecule has 1 aliphatic heterocycles. The third-order valence-electron chi connectivity index (χ3n) is 5.29. The number of hydrogen-bond donors (Lipinski definition) is 2. The van der Waals surface area contributed by atoms with Gasteiger partial charge in [-0.15, -0.1) is 0 Å². The van der Waals surface area contributed by atoms with Crippen molar-refractivity contribution in [3.05, 3.63) is 65.2 Å². The molecule has 0 aromatic heterocycles. The minimum Gasteiger partial charge on any atom is -0.353 e. The van der Waals surface area contributed by atoms with E-state index in [1.54, 1.807) is 0 Å². The number of anilines is 1. The van der Waals surface area contributed by atoms with Crippen LogP contribution in [-0.2, 0) is 11.2 Å². The highest BCUT2D eigenvalue weighted by molar-refractivity contribution is 5.89. The van der Waals surface area contributed by atoms with Gasteiger partial charge in [-0.3, -0.25) is 4.79 Å². The fraction of sp³-hybridized carbons (Fsp3) is 0.391. The first-order valence-electron chi connectivity index (χ1n) is 9.98. The Balaban J connectivity index is 1.40. The molecule has 0 radical (unpaired) electrons. The molecule has 2 N–H and O–H groups in total. The second-order valence-corrected chi connectivity index (χ2v) is 7.55. The van der Waals surface area contributed by atoms with Gasteiger partial charge >= 0.3 is 6.03 Å². The van der Waals surface area contributed by atoms with Crippen molar-refractivity contribution >= 4 is 17.6 Å². The number of likely N-dealkylation sites (tertiary alicyclic amines) is 1. The van der Waals surface area contributed by atoms with Crippen molar-refractivity contribution in [2.45, 2.75) is 45.6 Å². The number of benzene rings is 2. The number of para-hydroxylation sites is 1. The maximum absolute atomic E-state index is 12.3. The Kier molecular flexibility index (Phi) is 6.69. The molecule has 1 aliphatic rings. The van der Waals surface area contributed by atoms with E-state index in [0.29, 0.717) is 19.5 Å². The van der Waals surface area contributed by atoms with E-state index in [2.05, 4.69) is 42.7 Å². The van der Waals surface area contributed by atoms with Gasteiger partial charge in [0.2, 0.25) is 5.91 Å². The molecule has 0 bridgehead atoms. The summed E-state index contributed by atoms with van der Waals surface area (Å²) >= 11 is 0. The first-order valence-corrected chi connectivity index (χ1v) is 9.98. The molecule has 0 aliphatic carbocycles. The normalized spacial score (nSPS) is 14.6. The van der Waals surface area contributed by atoms with Crippen molar-refractivity contribution in [2.75, 3.05) is 18.4 Å². The molecule has 148 valence electrons. The van der Waals surface area contributed by atoms with Crippen LogP contribution in [0.5, 0.6) is 0 Å². The van der Waals surface area contributed by atoms with Crippen molar-refractivity contribution in [2.24, 2.45) is 0 Å². The highest BCUT2D eigenvalue weighted by Crippen LogP contribution is 2.15. The van der Waals surface area contributed by atoms with Crippen LogP contribution in [0.4, 0.5) is 10.5 Å². The van der Waals surface area contributed by atoms with Gasteiger partial charge < -0.3 is 15.5 Å². The van der Waals surface area contributed by atoms with Crippen molar-refractivity contribution in [3.63, 3.8) is 0 Å². The predicted octanol–water partition coefficient (Wildman–Crippen LogP) is 4.05. The lowest BCUT2D eigenvalue weighted by Gasteiger charge is -2.32. The van der Waals surface area contributed by atoms with E-state index in [9.17, 15) is 9.59 Å². The summed E-state index contributed by atoms with van der Waals surface area (Å²) in [6, 6.07) is 15.9. The number of aryl methyl sites for hydroxylation is 3. The van der Waals surface area contributed by atoms with Gasteiger partial charge in [0.15, 0.2) is 0 Å². The Morgan fingerprint density at radius 3 is 2.43 bits per heavy atom. The van der Waals surface area contributed by atoms with E-state index in [4.69, 9.17) is 0 Å². The monoisotopic (exact) mass is 379 g/mol. The number of carbonyl (C=O) groups is 2. The molecule has 1 heterocycles. The van der Waals surface area contributed by atoms with E-state index < -0.39 is 0 Å². The van der Waals surface area contributed by atoms with Crippen molar-refractivity contribution < 1.29 is 9.59 Å². The van der Waals surface area contributed by atoms with Crippen molar-refractivity contribution in [1.29, 1.82) is 0 Å². The molecule has 0 spiro atoms. The molecule has 28 heavy (non-hydrogen) atoms. The first kappa shape index (κ1) is 19.9. The van der Waals surface area contributed by atoms with Gasteiger partial charge in [0.05, 0.1) is 0 Å². The van der Waals surface area contributed by atoms with Crippen molar-refractivity contribution in [1.82, 2.24) is 10.2 Å². The summed E-state index contributed by atoms with van der Waals surface area (Å²) < 4.78 is 0. The van der Waals surface area contributed by atoms with Gasteiger partial charge in [-0.25, -0.2) is 4.79 Å². The van der Waals surface area contributed by atoms with Crippen LogP contribution in [0.15, 0.2) is 48.5 Å². The molecule has 0 atom stereocenters. The number of hydrogen-bond acceptors (Lipinski definition) is 2. The zero-order valence-corrected chi connectivity index (χ0v) is 16.7. The number of rotatable bonds is 5. The van der Waals surface area contributed by atoms with Gasteiger partial charge in [-0.2, -0.15) is 0 Å². The van der Waals surface area contributed by atoms with E-state index in [0.717, 1.165) is 24.9 Å². The van der Waals surface area contributed by atoms with Gasteiger partial charge in [-0.05, 0) is 56.4 Å². The zero-order valence-electron chi connectivity index (χ0n) is 16.7. The van der Waals surface area contributed by atoms with Crippen LogP contribution in [0.3, 0.4) is 0 Å². The van der Waals surface area contributed by atoms with Crippen LogP contribution in [0.2, 0.25) is 0 Å². The molecule has 3 rings (SSSR count). The molecular formula is C23H29N3O2. The SMILES string of the molecule is Cc1ccc(CCC(=O)NC2CCN(C(=O)Nc3ccccc3)CC2)c(C)c1. The van der Waals surface area contributed by atoms with E-state index in [1.165, 1.54) is 16.7 Å². The van der Waals surface area contributed by atoms with Gasteiger partial charge in [0.25, 0.3) is 0 Å². The van der Waals surface area contributed by atoms with Crippen LogP contribution >= 0.6 is 0 Å². The minimum absolute atomic E-state index is 0.0779. The lowest BCUT2D eigenvalue weighted by Crippen LogP contribution is -2.47. The summed E-state index contributed by atoms with van der Waals surface area (Å²) in [4.78, 5) is 26.5. The second kappa shape index (κ2) is 9.40. The summed E-state index contributed by atoms with van der Waals surface area (Å²) in [5.41, 5.74) is 4.52. The number of carbonyl (C=O) groups excluding carboxylic acids is 2. The van der Waals surface area contributed by atoms with Gasteiger partial charge in [-0.1, -0.05) is 42.0 Å². The summed E-state index contributed by atoms with van der Waals surface area (Å²) in [6.45, 7) is 5.48. The van der Waals surface area contributed by atoms with E-state index in [-0.39, 0.29) is 18.0 Å². The number of amides is 3. The fourth-order valence-electron chi connectivity index (χ4n) is 3.63. The summed E-state index contributed by atoms with van der Waals surface area (Å²) in [7, 11) is 0. The van der Waals surface area contributed by atoms with Crippen LogP contribution < -0.4 is 10.6 Å². The Labute approximate surface area is 167 Å². The Morgan fingerprint density at radius 2 is 1.75 bits per heavy atom. The molecule has 2 aromatic rings. The third-order valence-corrected chi connectivity index (χ3v) is 5.29. The third kappa shape index (κ3) is 5.59. The van der Waals surface area contributed by atoms with Gasteiger partial charge in [0.1, 0.15) is 0 Å². The smallest absolute Gasteiger partial charge is 0.321 e. The fourth-order valence-corrected chi connectivity index (χ4v) is 3.63. The first-order chi connectivity index (χ1) is 13.5. The Morgan fingerprint density at radius 1 is 1.04 bits per heavy atom. The maximum atomic E-state index is 12.3. The zero-order chi connectivity index (χ0) is 19.9. The quantitative estimate of drug-likeness (QED) is 0.823. The molecule has 2 aromatic carbocycles. The summed E-state index contributed by atoms with van der Waals surface area (Å²) in [6.07, 6.45) is 2.84. The number of piperidine rings is 1. The second-order valence-electron chi connectivity index (χ2n) is 7.55. The summed E-state index contributed by atoms with van der Waals surface area (Å²) in [5.74, 6) is 0.0900. The molecule has 1 saturated heterocycles. The molecule has 5 heteroatoms. The molecular weight excluding hydrogens is 350 g/mol. The van der Waals surface area contributed by atoms with Crippen LogP contribution in [0.1, 0.15) is 36.0 Å². The van der Waals surface area contributed by atoms with Crippen LogP contribution in [0.25, 0.3) is 0 Å². The lowest BCUT2D eigenvalue weighted by molar-refractivity contribution is -0.122. The number of nitrogens with one attached hydrogen (secondary N) is 2. The molecule has 1 fully saturated rings. The Bertz CT molecular complexity index is 812. The molecule has 5 nitrogen and oxygen atoms in total. The summed E-state index contributed by atoms with van der Waals surface area (Å²) in [5, 5.41) is 6.05. The molecule has 3 amide bonds. The lowest BCUT2D eigenvalue weighted by atomic mass is 10.0. The highest BCUT2D eigenvalue weighted by atomic mass is 16.2. The average molecular weight is 380 g/mol. The highest BCUT2D eigenvalue weighted by Gasteiger charge is 2.23. The van der Waals surface area contributed by atoms with E-state index in [1.807, 2.05) is 35.2 Å². The Hall–Kier alpha value is -2.82. The number of urea groups is 1. The number of nitrogens with zero attached hydrogens (tertiary/aromatic N) is 1. The standard InChI is InChI=1S/C23H29N3O2/c1-17-8-9-19(18(2)16-17)10-11-22(27)24-21-12-14-26(15-13-21)23(28)25-20-6-4-3-5-7-20/h3-9,16,21H,10-15H2,1-2H3,(H,24,27)(H,25,28).